The van der Waals surface area contributed by atoms with Gasteiger partial charge in [0.1, 0.15) is 11.5 Å². The van der Waals surface area contributed by atoms with Crippen molar-refractivity contribution in [3.05, 3.63) is 24.3 Å². The minimum atomic E-state index is 0.984. The van der Waals surface area contributed by atoms with Gasteiger partial charge in [-0.05, 0) is 32.8 Å². The Bertz CT molecular complexity index is 221. The molecule has 2 aliphatic heterocycles. The molecule has 2 aliphatic rings. The van der Waals surface area contributed by atoms with E-state index in [1.807, 2.05) is 24.3 Å². The van der Waals surface area contributed by atoms with Gasteiger partial charge in [0, 0.05) is 6.07 Å². The van der Waals surface area contributed by atoms with Gasteiger partial charge in [-0.2, -0.15) is 0 Å². The van der Waals surface area contributed by atoms with Gasteiger partial charge in [0.25, 0.3) is 0 Å². The Morgan fingerprint density at radius 1 is 1.25 bits per heavy atom. The summed E-state index contributed by atoms with van der Waals surface area (Å²) in [4.78, 5) is 2.12. The van der Waals surface area contributed by atoms with Crippen LogP contribution in [-0.4, -0.2) is 25.5 Å². The molecule has 0 spiro atoms. The van der Waals surface area contributed by atoms with Crippen molar-refractivity contribution in [2.75, 3.05) is 20.6 Å². The fourth-order valence-electron chi connectivity index (χ4n) is 0.679. The Labute approximate surface area is 73.8 Å². The largest absolute Gasteiger partial charge is 0.457 e. The number of fused-ring (bicyclic) bond motifs is 2. The summed E-state index contributed by atoms with van der Waals surface area (Å²) in [6.07, 6.45) is 0. The Morgan fingerprint density at radius 3 is 1.75 bits per heavy atom. The molecule has 0 amide bonds. The zero-order valence-corrected chi connectivity index (χ0v) is 7.87. The number of rotatable bonds is 1. The Balaban J connectivity index is 0.000000130. The summed E-state index contributed by atoms with van der Waals surface area (Å²) in [5.41, 5.74) is 0. The number of nitrogens with zero attached hydrogens (tertiary/aromatic N) is 1. The second kappa shape index (κ2) is 4.12. The lowest BCUT2D eigenvalue weighted by Gasteiger charge is -2.13. The summed E-state index contributed by atoms with van der Waals surface area (Å²) in [7, 11) is 4.11. The molecular formula is C10H15NO. The van der Waals surface area contributed by atoms with Crippen LogP contribution in [0.25, 0.3) is 0 Å². The monoisotopic (exact) mass is 165 g/mol. The van der Waals surface area contributed by atoms with Gasteiger partial charge in [0.05, 0.1) is 0 Å². The Morgan fingerprint density at radius 2 is 1.67 bits per heavy atom. The van der Waals surface area contributed by atoms with Crippen molar-refractivity contribution in [3.63, 3.8) is 0 Å². The van der Waals surface area contributed by atoms with Crippen LogP contribution in [0, 0.1) is 0 Å². The number of hydrogen-bond donors (Lipinski definition) is 0. The predicted octanol–water partition coefficient (Wildman–Crippen LogP) is 2.36. The fraction of sp³-hybridized carbons (Fsp3) is 0.400. The van der Waals surface area contributed by atoms with E-state index in [2.05, 4.69) is 25.9 Å². The summed E-state index contributed by atoms with van der Waals surface area (Å²) in [6.45, 7) is 3.26. The van der Waals surface area contributed by atoms with Gasteiger partial charge < -0.3 is 9.64 Å². The van der Waals surface area contributed by atoms with E-state index in [-0.39, 0.29) is 0 Å². The van der Waals surface area contributed by atoms with Gasteiger partial charge in [-0.1, -0.05) is 13.0 Å². The second-order valence-electron chi connectivity index (χ2n) is 2.97. The van der Waals surface area contributed by atoms with Crippen LogP contribution in [0.5, 0.6) is 11.5 Å². The lowest BCUT2D eigenvalue weighted by Crippen LogP contribution is -2.08. The molecule has 2 heterocycles. The third kappa shape index (κ3) is 2.55. The van der Waals surface area contributed by atoms with Gasteiger partial charge in [-0.25, -0.2) is 0 Å². The van der Waals surface area contributed by atoms with Crippen LogP contribution in [0.4, 0.5) is 0 Å². The van der Waals surface area contributed by atoms with Gasteiger partial charge in [0.15, 0.2) is 0 Å². The van der Waals surface area contributed by atoms with Crippen molar-refractivity contribution in [2.45, 2.75) is 6.92 Å². The summed E-state index contributed by atoms with van der Waals surface area (Å²) in [6, 6.07) is 7.86. The molecule has 2 nitrogen and oxygen atoms in total. The van der Waals surface area contributed by atoms with E-state index in [4.69, 9.17) is 4.74 Å². The maximum Gasteiger partial charge on any atom is 0.131 e. The zero-order chi connectivity index (χ0) is 8.97. The van der Waals surface area contributed by atoms with Crippen molar-refractivity contribution in [3.8, 4) is 11.5 Å². The summed E-state index contributed by atoms with van der Waals surface area (Å²) in [5, 5.41) is 0. The highest BCUT2D eigenvalue weighted by Crippen LogP contribution is 2.32. The molecule has 0 saturated heterocycles. The Kier molecular flexibility index (Phi) is 3.11. The lowest BCUT2D eigenvalue weighted by molar-refractivity contribution is 0.434. The molecule has 2 heteroatoms. The molecule has 0 atom stereocenters. The highest BCUT2D eigenvalue weighted by atomic mass is 16.5. The maximum atomic E-state index is 5.01. The summed E-state index contributed by atoms with van der Waals surface area (Å²) in [5.74, 6) is 1.97. The predicted molar refractivity (Wildman–Crippen MR) is 50.7 cm³/mol. The molecule has 0 fully saturated rings. The van der Waals surface area contributed by atoms with Crippen LogP contribution in [-0.2, 0) is 0 Å². The van der Waals surface area contributed by atoms with Crippen molar-refractivity contribution < 1.29 is 4.74 Å². The van der Waals surface area contributed by atoms with E-state index in [9.17, 15) is 0 Å². The molecular weight excluding hydrogens is 150 g/mol. The first-order chi connectivity index (χ1) is 5.72. The van der Waals surface area contributed by atoms with Gasteiger partial charge in [0.2, 0.25) is 0 Å². The van der Waals surface area contributed by atoms with Gasteiger partial charge in [-0.3, -0.25) is 0 Å². The molecule has 0 N–H and O–H groups in total. The lowest BCUT2D eigenvalue weighted by atomic mass is 10.2. The van der Waals surface area contributed by atoms with E-state index in [0.29, 0.717) is 0 Å². The third-order valence-electron chi connectivity index (χ3n) is 1.67. The van der Waals surface area contributed by atoms with E-state index in [1.165, 1.54) is 0 Å². The smallest absolute Gasteiger partial charge is 0.131 e. The summed E-state index contributed by atoms with van der Waals surface area (Å²) < 4.78 is 5.01. The molecule has 1 aromatic carbocycles. The average molecular weight is 165 g/mol. The zero-order valence-electron chi connectivity index (χ0n) is 7.87. The van der Waals surface area contributed by atoms with E-state index >= 15 is 0 Å². The number of benzene rings is 1. The van der Waals surface area contributed by atoms with Crippen LogP contribution in [0.1, 0.15) is 6.92 Å². The minimum Gasteiger partial charge on any atom is -0.457 e. The normalized spacial score (nSPS) is 11.0. The third-order valence-corrected chi connectivity index (χ3v) is 1.67. The number of hydrogen-bond acceptors (Lipinski definition) is 2. The Hall–Kier alpha value is -1.02. The molecule has 0 saturated carbocycles. The highest BCUT2D eigenvalue weighted by Gasteiger charge is 2.05. The van der Waals surface area contributed by atoms with E-state index in [0.717, 1.165) is 18.0 Å². The van der Waals surface area contributed by atoms with Crippen LogP contribution < -0.4 is 4.74 Å². The molecule has 12 heavy (non-hydrogen) atoms. The second-order valence-corrected chi connectivity index (χ2v) is 2.97. The topological polar surface area (TPSA) is 12.5 Å². The first-order valence-electron chi connectivity index (χ1n) is 4.15. The molecule has 66 valence electrons. The highest BCUT2D eigenvalue weighted by molar-refractivity contribution is 5.43. The summed E-state index contributed by atoms with van der Waals surface area (Å²) >= 11 is 0. The van der Waals surface area contributed by atoms with E-state index in [1.54, 1.807) is 0 Å². The van der Waals surface area contributed by atoms with Crippen LogP contribution in [0.2, 0.25) is 0 Å². The first kappa shape index (κ1) is 9.07. The molecule has 1 aromatic rings. The van der Waals surface area contributed by atoms with Crippen molar-refractivity contribution in [1.29, 1.82) is 0 Å². The minimum absolute atomic E-state index is 0.984. The molecule has 2 bridgehead atoms. The standard InChI is InChI=1S/C6H4O.C4H11N/c1-2-5-4-6(3-1)7-5;1-4-5(2)3/h1-4H;4H2,1-3H3. The van der Waals surface area contributed by atoms with E-state index < -0.39 is 0 Å². The van der Waals surface area contributed by atoms with Crippen LogP contribution in [0.15, 0.2) is 24.3 Å². The van der Waals surface area contributed by atoms with Crippen LogP contribution >= 0.6 is 0 Å². The van der Waals surface area contributed by atoms with Crippen molar-refractivity contribution in [2.24, 2.45) is 0 Å². The number of ether oxygens (including phenoxy) is 1. The molecule has 0 aliphatic carbocycles. The molecule has 0 radical (unpaired) electrons. The quantitative estimate of drug-likeness (QED) is 0.643. The van der Waals surface area contributed by atoms with Gasteiger partial charge >= 0.3 is 0 Å². The SMILES string of the molecule is CCN(C)C.c1cc2cc(c1)O2. The maximum absolute atomic E-state index is 5.01. The van der Waals surface area contributed by atoms with Crippen molar-refractivity contribution in [1.82, 2.24) is 4.90 Å². The van der Waals surface area contributed by atoms with Gasteiger partial charge in [-0.15, -0.1) is 0 Å². The molecule has 0 unspecified atom stereocenters. The fourth-order valence-corrected chi connectivity index (χ4v) is 0.679. The van der Waals surface area contributed by atoms with Crippen molar-refractivity contribution >= 4 is 0 Å². The van der Waals surface area contributed by atoms with Crippen LogP contribution in [0.3, 0.4) is 0 Å². The first-order valence-corrected chi connectivity index (χ1v) is 4.15. The molecule has 0 aromatic heterocycles. The average Bonchev–Trinajstić information content (AvgIpc) is 2.06. The molecule has 3 rings (SSSR count).